The summed E-state index contributed by atoms with van der Waals surface area (Å²) >= 11 is 0. The van der Waals surface area contributed by atoms with E-state index >= 15 is 0 Å². The Morgan fingerprint density at radius 3 is 2.31 bits per heavy atom. The highest BCUT2D eigenvalue weighted by Crippen LogP contribution is 2.43. The minimum absolute atomic E-state index is 0.386. The largest absolute Gasteiger partial charge is 0.345 e. The first kappa shape index (κ1) is 25.5. The van der Waals surface area contributed by atoms with Crippen molar-refractivity contribution in [2.75, 3.05) is 13.1 Å². The zero-order valence-corrected chi connectivity index (χ0v) is 21.5. The van der Waals surface area contributed by atoms with E-state index in [2.05, 4.69) is 47.9 Å². The molecule has 188 valence electrons. The van der Waals surface area contributed by atoms with Crippen LogP contribution in [0.25, 0.3) is 10.9 Å². The molecule has 1 aromatic heterocycles. The van der Waals surface area contributed by atoms with Crippen LogP contribution in [0, 0.1) is 0 Å². The molecule has 35 heavy (non-hydrogen) atoms. The quantitative estimate of drug-likeness (QED) is 0.431. The molecule has 0 N–H and O–H groups in total. The third-order valence-corrected chi connectivity index (χ3v) is 7.94. The lowest BCUT2D eigenvalue weighted by atomic mass is 9.81. The highest BCUT2D eigenvalue weighted by Gasteiger charge is 2.27. The number of likely N-dealkylation sites (tertiary alicyclic amines) is 1. The van der Waals surface area contributed by atoms with Crippen LogP contribution < -0.4 is 0 Å². The second-order valence-electron chi connectivity index (χ2n) is 10.5. The average Bonchev–Trinajstić information content (AvgIpc) is 3.22. The van der Waals surface area contributed by atoms with Gasteiger partial charge in [-0.05, 0) is 68.9 Å². The predicted octanol–water partition coefficient (Wildman–Crippen LogP) is 7.53. The topological polar surface area (TPSA) is 42.3 Å². The average molecular weight is 475 g/mol. The molecule has 0 radical (unpaired) electrons. The second-order valence-corrected chi connectivity index (χ2v) is 10.5. The standard InChI is InChI=1S/C25H31NO.C6H11NO/c1-19-11-7-4-2-3-5-10-16-26-23-17-20(18-27)14-15-22(23)24(25(19)26)21-12-8-6-9-13-21;8-6-7-4-2-1-3-5-7/h2,4,7,11,14-15,17-19,21H,3,5-6,8-10,12-13,16H2,1H3;6H,1-5H2/b4-2-,11-7-;. The van der Waals surface area contributed by atoms with E-state index < -0.39 is 0 Å². The maximum absolute atomic E-state index is 11.4. The van der Waals surface area contributed by atoms with Gasteiger partial charge in [-0.15, -0.1) is 0 Å². The van der Waals surface area contributed by atoms with Crippen molar-refractivity contribution in [1.82, 2.24) is 9.47 Å². The number of amides is 1. The first-order valence-electron chi connectivity index (χ1n) is 13.9. The van der Waals surface area contributed by atoms with E-state index in [1.54, 1.807) is 5.56 Å². The lowest BCUT2D eigenvalue weighted by Crippen LogP contribution is -2.27. The van der Waals surface area contributed by atoms with Gasteiger partial charge in [-0.3, -0.25) is 9.59 Å². The molecule has 5 rings (SSSR count). The van der Waals surface area contributed by atoms with Crippen LogP contribution in [0.4, 0.5) is 0 Å². The summed E-state index contributed by atoms with van der Waals surface area (Å²) in [6, 6.07) is 6.33. The highest BCUT2D eigenvalue weighted by atomic mass is 16.1. The van der Waals surface area contributed by atoms with E-state index in [4.69, 9.17) is 0 Å². The highest BCUT2D eigenvalue weighted by molar-refractivity contribution is 5.91. The molecule has 1 amide bonds. The minimum atomic E-state index is 0.386. The Balaban J connectivity index is 0.000000308. The third-order valence-electron chi connectivity index (χ3n) is 7.94. The molecule has 4 nitrogen and oxygen atoms in total. The van der Waals surface area contributed by atoms with Gasteiger partial charge in [0, 0.05) is 47.7 Å². The van der Waals surface area contributed by atoms with Crippen molar-refractivity contribution in [3.63, 3.8) is 0 Å². The smallest absolute Gasteiger partial charge is 0.209 e. The van der Waals surface area contributed by atoms with E-state index in [9.17, 15) is 9.59 Å². The molecule has 2 aromatic rings. The number of aryl methyl sites for hydroxylation is 1. The van der Waals surface area contributed by atoms with Crippen molar-refractivity contribution in [3.05, 3.63) is 59.3 Å². The van der Waals surface area contributed by atoms with Crippen LogP contribution in [0.2, 0.25) is 0 Å². The van der Waals surface area contributed by atoms with E-state index in [1.807, 2.05) is 11.0 Å². The summed E-state index contributed by atoms with van der Waals surface area (Å²) < 4.78 is 2.55. The van der Waals surface area contributed by atoms with Gasteiger partial charge in [-0.2, -0.15) is 0 Å². The molecule has 2 fully saturated rings. The van der Waals surface area contributed by atoms with Crippen LogP contribution >= 0.6 is 0 Å². The Hall–Kier alpha value is -2.62. The van der Waals surface area contributed by atoms with E-state index in [-0.39, 0.29) is 0 Å². The van der Waals surface area contributed by atoms with Crippen LogP contribution in [-0.4, -0.2) is 35.3 Å². The molecule has 4 heteroatoms. The Kier molecular flexibility index (Phi) is 9.39. The molecule has 1 unspecified atom stereocenters. The van der Waals surface area contributed by atoms with Gasteiger partial charge in [-0.1, -0.05) is 62.6 Å². The van der Waals surface area contributed by atoms with Crippen molar-refractivity contribution in [3.8, 4) is 0 Å². The number of hydrogen-bond donors (Lipinski definition) is 0. The number of benzene rings is 1. The van der Waals surface area contributed by atoms with Crippen LogP contribution in [0.15, 0.2) is 42.5 Å². The Labute approximate surface area is 211 Å². The number of carbonyl (C=O) groups is 2. The van der Waals surface area contributed by atoms with Crippen LogP contribution in [0.5, 0.6) is 0 Å². The molecule has 1 aromatic carbocycles. The number of fused-ring (bicyclic) bond motifs is 3. The van der Waals surface area contributed by atoms with Crippen molar-refractivity contribution in [2.45, 2.75) is 95.9 Å². The van der Waals surface area contributed by atoms with Crippen molar-refractivity contribution in [2.24, 2.45) is 0 Å². The first-order chi connectivity index (χ1) is 17.2. The van der Waals surface area contributed by atoms with Crippen molar-refractivity contribution in [1.29, 1.82) is 0 Å². The van der Waals surface area contributed by atoms with Gasteiger partial charge in [0.25, 0.3) is 0 Å². The van der Waals surface area contributed by atoms with Gasteiger partial charge in [0.1, 0.15) is 6.29 Å². The number of rotatable bonds is 3. The molecule has 2 aliphatic heterocycles. The SMILES string of the molecule is CC1/C=C\C=C/CCCCn2c1c(C1CCCCC1)c1ccc(C=O)cc12.O=CN1CCCCC1. The fourth-order valence-electron chi connectivity index (χ4n) is 6.09. The lowest BCUT2D eigenvalue weighted by Gasteiger charge is -2.25. The summed E-state index contributed by atoms with van der Waals surface area (Å²) in [6.07, 6.45) is 24.9. The molecule has 0 bridgehead atoms. The van der Waals surface area contributed by atoms with Gasteiger partial charge in [0.05, 0.1) is 0 Å². The van der Waals surface area contributed by atoms with Gasteiger partial charge in [0.15, 0.2) is 0 Å². The fourth-order valence-corrected chi connectivity index (χ4v) is 6.09. The van der Waals surface area contributed by atoms with Gasteiger partial charge < -0.3 is 9.47 Å². The zero-order valence-electron chi connectivity index (χ0n) is 21.5. The monoisotopic (exact) mass is 474 g/mol. The fraction of sp³-hybridized carbons (Fsp3) is 0.548. The maximum Gasteiger partial charge on any atom is 0.209 e. The summed E-state index contributed by atoms with van der Waals surface area (Å²) in [4.78, 5) is 23.4. The zero-order chi connectivity index (χ0) is 24.5. The summed E-state index contributed by atoms with van der Waals surface area (Å²) in [5, 5.41) is 1.38. The van der Waals surface area contributed by atoms with Crippen molar-refractivity contribution < 1.29 is 9.59 Å². The van der Waals surface area contributed by atoms with Crippen LogP contribution in [0.3, 0.4) is 0 Å². The second kappa shape index (κ2) is 12.9. The van der Waals surface area contributed by atoms with E-state index in [1.165, 1.54) is 80.8 Å². The predicted molar refractivity (Wildman–Crippen MR) is 145 cm³/mol. The Morgan fingerprint density at radius 1 is 0.857 bits per heavy atom. The van der Waals surface area contributed by atoms with Gasteiger partial charge in [0.2, 0.25) is 6.41 Å². The Bertz CT molecular complexity index is 1040. The molecule has 1 atom stereocenters. The summed E-state index contributed by atoms with van der Waals surface area (Å²) in [5.41, 5.74) is 5.12. The number of piperidine rings is 1. The molecule has 1 aliphatic carbocycles. The summed E-state index contributed by atoms with van der Waals surface area (Å²) in [6.45, 7) is 5.33. The van der Waals surface area contributed by atoms with Gasteiger partial charge >= 0.3 is 0 Å². The number of aromatic nitrogens is 1. The molecule has 1 saturated carbocycles. The van der Waals surface area contributed by atoms with Crippen LogP contribution in [0.1, 0.15) is 111 Å². The molecule has 0 spiro atoms. The van der Waals surface area contributed by atoms with Gasteiger partial charge in [-0.25, -0.2) is 0 Å². The van der Waals surface area contributed by atoms with Crippen molar-refractivity contribution >= 4 is 23.6 Å². The molecule has 3 heterocycles. The van der Waals surface area contributed by atoms with Crippen LogP contribution in [-0.2, 0) is 11.3 Å². The number of allylic oxidation sites excluding steroid dienone is 4. The molecule has 3 aliphatic rings. The van der Waals surface area contributed by atoms with E-state index in [0.717, 1.165) is 44.3 Å². The number of carbonyl (C=O) groups excluding carboxylic acids is 2. The maximum atomic E-state index is 11.4. The first-order valence-corrected chi connectivity index (χ1v) is 13.9. The molecular formula is C31H42N2O2. The summed E-state index contributed by atoms with van der Waals surface area (Å²) in [7, 11) is 0. The number of aldehydes is 1. The Morgan fingerprint density at radius 2 is 1.60 bits per heavy atom. The number of hydrogen-bond acceptors (Lipinski definition) is 2. The molecular weight excluding hydrogens is 432 g/mol. The third kappa shape index (κ3) is 6.34. The molecule has 1 saturated heterocycles. The normalized spacial score (nSPS) is 23.3. The summed E-state index contributed by atoms with van der Waals surface area (Å²) in [5.74, 6) is 1.05. The lowest BCUT2D eigenvalue weighted by molar-refractivity contribution is -0.118. The number of nitrogens with zero attached hydrogens (tertiary/aromatic N) is 2. The van der Waals surface area contributed by atoms with E-state index in [0.29, 0.717) is 11.8 Å². The minimum Gasteiger partial charge on any atom is -0.345 e.